The molecule has 0 aliphatic carbocycles. The van der Waals surface area contributed by atoms with Crippen LogP contribution in [-0.4, -0.2) is 37.2 Å². The van der Waals surface area contributed by atoms with E-state index in [1.54, 1.807) is 12.1 Å². The fourth-order valence-electron chi connectivity index (χ4n) is 4.31. The first-order valence-corrected chi connectivity index (χ1v) is 12.4. The van der Waals surface area contributed by atoms with Gasteiger partial charge in [-0.2, -0.15) is 10.1 Å². The quantitative estimate of drug-likeness (QED) is 0.241. The lowest BCUT2D eigenvalue weighted by Crippen LogP contribution is -2.21. The number of carboxylic acid groups (broad SMARTS) is 1. The number of H-pyrrole nitrogens is 1. The number of carbonyl (C=O) groups is 2. The Morgan fingerprint density at radius 1 is 1.00 bits per heavy atom. The van der Waals surface area contributed by atoms with Gasteiger partial charge in [0.25, 0.3) is 5.89 Å². The Balaban J connectivity index is 1.24. The maximum Gasteiger partial charge on any atom is 0.307 e. The first-order chi connectivity index (χ1) is 18.9. The number of Topliss-reactive ketones (excluding diaryl/α,β-unsaturated/α-hetero) is 1. The van der Waals surface area contributed by atoms with Crippen molar-refractivity contribution in [1.82, 2.24) is 20.3 Å². The number of nitrogens with one attached hydrogen (secondary N) is 1. The molecule has 2 heterocycles. The molecule has 0 aliphatic rings. The Labute approximate surface area is 223 Å². The van der Waals surface area contributed by atoms with Crippen LogP contribution in [0, 0.1) is 18.7 Å². The predicted molar refractivity (Wildman–Crippen MR) is 142 cm³/mol. The smallest absolute Gasteiger partial charge is 0.307 e. The molecule has 9 heteroatoms. The lowest BCUT2D eigenvalue weighted by molar-refractivity contribution is -0.143. The van der Waals surface area contributed by atoms with Gasteiger partial charge in [-0.3, -0.25) is 14.7 Å². The Bertz CT molecular complexity index is 1610. The standard InChI is InChI=1S/C30H25FN4O4/c1-18-7-10-21(11-8-18)29-32-28(35-39-29)25-12-9-19(14-26(25)31)13-22(30(37)38)15-24(36)16-23-17-27(34-33-23)20-5-3-2-4-6-20/h2-12,14,17,22H,13,15-16H2,1H3,(H,33,34)(H,37,38). The number of aromatic nitrogens is 4. The average Bonchev–Trinajstić information content (AvgIpc) is 3.60. The zero-order chi connectivity index (χ0) is 27.4. The fourth-order valence-corrected chi connectivity index (χ4v) is 4.31. The number of rotatable bonds is 10. The lowest BCUT2D eigenvalue weighted by Gasteiger charge is -2.12. The lowest BCUT2D eigenvalue weighted by atomic mass is 9.92. The molecule has 5 rings (SSSR count). The third-order valence-electron chi connectivity index (χ3n) is 6.39. The minimum Gasteiger partial charge on any atom is -0.481 e. The summed E-state index contributed by atoms with van der Waals surface area (Å²) in [6, 6.07) is 23.2. The van der Waals surface area contributed by atoms with Gasteiger partial charge in [-0.05, 0) is 49.2 Å². The van der Waals surface area contributed by atoms with Crippen LogP contribution in [0.2, 0.25) is 0 Å². The van der Waals surface area contributed by atoms with E-state index in [0.717, 1.165) is 16.7 Å². The van der Waals surface area contributed by atoms with Gasteiger partial charge in [0, 0.05) is 29.7 Å². The Morgan fingerprint density at radius 2 is 1.77 bits per heavy atom. The molecule has 0 bridgehead atoms. The molecule has 0 spiro atoms. The largest absolute Gasteiger partial charge is 0.481 e. The van der Waals surface area contributed by atoms with E-state index in [1.165, 1.54) is 12.1 Å². The molecule has 39 heavy (non-hydrogen) atoms. The van der Waals surface area contributed by atoms with Crippen LogP contribution in [0.4, 0.5) is 4.39 Å². The number of aliphatic carboxylic acids is 1. The molecule has 1 unspecified atom stereocenters. The van der Waals surface area contributed by atoms with Gasteiger partial charge >= 0.3 is 5.97 Å². The third kappa shape index (κ3) is 6.15. The maximum absolute atomic E-state index is 15.0. The summed E-state index contributed by atoms with van der Waals surface area (Å²) in [5.41, 5.74) is 4.61. The Morgan fingerprint density at radius 3 is 2.49 bits per heavy atom. The zero-order valence-electron chi connectivity index (χ0n) is 21.1. The molecule has 0 amide bonds. The summed E-state index contributed by atoms with van der Waals surface area (Å²) in [7, 11) is 0. The molecular formula is C30H25FN4O4. The van der Waals surface area contributed by atoms with E-state index < -0.39 is 17.7 Å². The van der Waals surface area contributed by atoms with E-state index >= 15 is 0 Å². The van der Waals surface area contributed by atoms with Gasteiger partial charge in [0.15, 0.2) is 0 Å². The Kier molecular flexibility index (Phi) is 7.40. The molecule has 196 valence electrons. The third-order valence-corrected chi connectivity index (χ3v) is 6.39. The molecule has 0 fully saturated rings. The number of halogens is 1. The predicted octanol–water partition coefficient (Wildman–Crippen LogP) is 5.69. The summed E-state index contributed by atoms with van der Waals surface area (Å²) in [4.78, 5) is 28.9. The van der Waals surface area contributed by atoms with Crippen molar-refractivity contribution in [3.05, 3.63) is 102 Å². The van der Waals surface area contributed by atoms with Gasteiger partial charge in [0.2, 0.25) is 5.82 Å². The number of aromatic amines is 1. The van der Waals surface area contributed by atoms with Crippen LogP contribution < -0.4 is 0 Å². The molecule has 0 saturated heterocycles. The van der Waals surface area contributed by atoms with Crippen molar-refractivity contribution in [3.8, 4) is 34.1 Å². The highest BCUT2D eigenvalue weighted by Crippen LogP contribution is 2.26. The number of carbonyl (C=O) groups excluding carboxylic acids is 1. The summed E-state index contributed by atoms with van der Waals surface area (Å²) in [6.07, 6.45) is -0.168. The molecule has 0 aliphatic heterocycles. The van der Waals surface area contributed by atoms with Crippen molar-refractivity contribution in [2.24, 2.45) is 5.92 Å². The average molecular weight is 525 g/mol. The van der Waals surface area contributed by atoms with Gasteiger partial charge in [0.05, 0.1) is 17.2 Å². The first-order valence-electron chi connectivity index (χ1n) is 12.4. The van der Waals surface area contributed by atoms with Crippen molar-refractivity contribution in [3.63, 3.8) is 0 Å². The molecule has 8 nitrogen and oxygen atoms in total. The molecule has 0 radical (unpaired) electrons. The van der Waals surface area contributed by atoms with Crippen molar-refractivity contribution in [2.45, 2.75) is 26.2 Å². The van der Waals surface area contributed by atoms with Crippen LogP contribution in [0.5, 0.6) is 0 Å². The minimum absolute atomic E-state index is 0.00260. The van der Waals surface area contributed by atoms with Gasteiger partial charge in [-0.25, -0.2) is 4.39 Å². The van der Waals surface area contributed by atoms with Crippen molar-refractivity contribution in [2.75, 3.05) is 0 Å². The molecule has 2 aromatic heterocycles. The number of nitrogens with zero attached hydrogens (tertiary/aromatic N) is 3. The number of benzene rings is 3. The van der Waals surface area contributed by atoms with Crippen molar-refractivity contribution < 1.29 is 23.6 Å². The Hall–Kier alpha value is -4.92. The number of ketones is 1. The zero-order valence-corrected chi connectivity index (χ0v) is 21.1. The molecule has 5 aromatic rings. The second-order valence-corrected chi connectivity index (χ2v) is 9.41. The molecule has 1 atom stereocenters. The second kappa shape index (κ2) is 11.2. The van der Waals surface area contributed by atoms with Crippen LogP contribution in [0.25, 0.3) is 34.1 Å². The van der Waals surface area contributed by atoms with E-state index in [4.69, 9.17) is 4.52 Å². The van der Waals surface area contributed by atoms with Crippen molar-refractivity contribution in [1.29, 1.82) is 0 Å². The monoisotopic (exact) mass is 524 g/mol. The van der Waals surface area contributed by atoms with Gasteiger partial charge in [0.1, 0.15) is 11.6 Å². The topological polar surface area (TPSA) is 122 Å². The fraction of sp³-hybridized carbons (Fsp3) is 0.167. The number of hydrogen-bond donors (Lipinski definition) is 2. The van der Waals surface area contributed by atoms with E-state index in [9.17, 15) is 19.1 Å². The summed E-state index contributed by atoms with van der Waals surface area (Å²) in [6.45, 7) is 1.96. The maximum atomic E-state index is 15.0. The van der Waals surface area contributed by atoms with Crippen LogP contribution in [0.15, 0.2) is 83.4 Å². The van der Waals surface area contributed by atoms with E-state index in [0.29, 0.717) is 17.0 Å². The van der Waals surface area contributed by atoms with Crippen molar-refractivity contribution >= 4 is 11.8 Å². The van der Waals surface area contributed by atoms with E-state index in [1.807, 2.05) is 61.5 Å². The molecule has 3 aromatic carbocycles. The normalized spacial score (nSPS) is 11.8. The van der Waals surface area contributed by atoms with E-state index in [-0.39, 0.29) is 42.3 Å². The van der Waals surface area contributed by atoms with Gasteiger partial charge in [-0.15, -0.1) is 0 Å². The first kappa shape index (κ1) is 25.7. The summed E-state index contributed by atoms with van der Waals surface area (Å²) >= 11 is 0. The van der Waals surface area contributed by atoms with Crippen LogP contribution in [-0.2, 0) is 22.4 Å². The highest BCUT2D eigenvalue weighted by Gasteiger charge is 2.23. The summed E-state index contributed by atoms with van der Waals surface area (Å²) < 4.78 is 20.3. The SMILES string of the molecule is Cc1ccc(-c2nc(-c3ccc(CC(CC(=O)Cc4cc(-c5ccccc5)n[nH]4)C(=O)O)cc3F)no2)cc1. The van der Waals surface area contributed by atoms with Crippen LogP contribution in [0.1, 0.15) is 23.2 Å². The summed E-state index contributed by atoms with van der Waals surface area (Å²) in [5, 5.41) is 20.7. The van der Waals surface area contributed by atoms with Crippen LogP contribution in [0.3, 0.4) is 0 Å². The van der Waals surface area contributed by atoms with Gasteiger partial charge < -0.3 is 9.63 Å². The van der Waals surface area contributed by atoms with Gasteiger partial charge in [-0.1, -0.05) is 59.3 Å². The highest BCUT2D eigenvalue weighted by molar-refractivity contribution is 5.85. The highest BCUT2D eigenvalue weighted by atomic mass is 19.1. The summed E-state index contributed by atoms with van der Waals surface area (Å²) in [5.74, 6) is -2.62. The molecule has 0 saturated carbocycles. The number of hydrogen-bond acceptors (Lipinski definition) is 6. The van der Waals surface area contributed by atoms with Crippen LogP contribution >= 0.6 is 0 Å². The van der Waals surface area contributed by atoms with E-state index in [2.05, 4.69) is 20.3 Å². The molecular weight excluding hydrogens is 499 g/mol. The second-order valence-electron chi connectivity index (χ2n) is 9.41. The molecule has 2 N–H and O–H groups in total. The minimum atomic E-state index is -1.12. The number of carboxylic acids is 1. The number of aryl methyl sites for hydroxylation is 1.